The molecular weight excluding hydrogens is 310 g/mol. The number of hydrogen-bond acceptors (Lipinski definition) is 3. The summed E-state index contributed by atoms with van der Waals surface area (Å²) in [6.07, 6.45) is 1.79. The van der Waals surface area contributed by atoms with Gasteiger partial charge in [0.05, 0.1) is 11.5 Å². The molecule has 0 bridgehead atoms. The van der Waals surface area contributed by atoms with E-state index in [0.29, 0.717) is 18.1 Å². The Hall–Kier alpha value is -1.56. The van der Waals surface area contributed by atoms with Crippen molar-refractivity contribution in [1.29, 1.82) is 0 Å². The molecule has 2 rings (SSSR count). The van der Waals surface area contributed by atoms with Gasteiger partial charge in [-0.2, -0.15) is 0 Å². The van der Waals surface area contributed by atoms with Gasteiger partial charge in [-0.15, -0.1) is 0 Å². The molecule has 23 heavy (non-hydrogen) atoms. The summed E-state index contributed by atoms with van der Waals surface area (Å²) in [6.45, 7) is 3.58. The lowest BCUT2D eigenvalue weighted by atomic mass is 10.1. The Balaban J connectivity index is 1.87. The minimum Gasteiger partial charge on any atom is -0.356 e. The van der Waals surface area contributed by atoms with Gasteiger partial charge >= 0.3 is 0 Å². The van der Waals surface area contributed by atoms with E-state index in [1.54, 1.807) is 7.05 Å². The maximum atomic E-state index is 11.5. The Morgan fingerprint density at radius 2 is 1.96 bits per heavy atom. The highest BCUT2D eigenvalue weighted by molar-refractivity contribution is 7.91. The van der Waals surface area contributed by atoms with Crippen molar-refractivity contribution < 1.29 is 8.42 Å². The third-order valence-electron chi connectivity index (χ3n) is 4.30. The van der Waals surface area contributed by atoms with Gasteiger partial charge in [-0.3, -0.25) is 4.99 Å². The second-order valence-electron chi connectivity index (χ2n) is 6.22. The number of aryl methyl sites for hydroxylation is 1. The Morgan fingerprint density at radius 1 is 1.30 bits per heavy atom. The van der Waals surface area contributed by atoms with Crippen LogP contribution in [0, 0.1) is 5.92 Å². The summed E-state index contributed by atoms with van der Waals surface area (Å²) in [5.41, 5.74) is 2.57. The highest BCUT2D eigenvalue weighted by Crippen LogP contribution is 2.17. The van der Waals surface area contributed by atoms with Gasteiger partial charge in [0.25, 0.3) is 0 Å². The van der Waals surface area contributed by atoms with E-state index >= 15 is 0 Å². The third-order valence-corrected chi connectivity index (χ3v) is 6.14. The molecule has 5 nitrogen and oxygen atoms in total. The molecule has 0 radical (unpaired) electrons. The van der Waals surface area contributed by atoms with E-state index < -0.39 is 9.84 Å². The van der Waals surface area contributed by atoms with E-state index in [2.05, 4.69) is 46.4 Å². The first-order valence-corrected chi connectivity index (χ1v) is 9.95. The predicted octanol–water partition coefficient (Wildman–Crippen LogP) is 1.69. The second-order valence-corrected chi connectivity index (χ2v) is 8.45. The third kappa shape index (κ3) is 5.23. The smallest absolute Gasteiger partial charge is 0.193 e. The summed E-state index contributed by atoms with van der Waals surface area (Å²) in [5.74, 6) is 1.60. The van der Waals surface area contributed by atoms with Crippen LogP contribution in [0.25, 0.3) is 0 Å². The lowest BCUT2D eigenvalue weighted by Gasteiger charge is -2.23. The van der Waals surface area contributed by atoms with Gasteiger partial charge in [0.2, 0.25) is 0 Å². The average molecular weight is 337 g/mol. The van der Waals surface area contributed by atoms with Crippen molar-refractivity contribution in [1.82, 2.24) is 10.2 Å². The number of aliphatic imine (C=N–C) groups is 1. The molecule has 1 atom stereocenters. The Bertz CT molecular complexity index is 638. The molecule has 0 saturated carbocycles. The molecular formula is C17H27N3O2S. The van der Waals surface area contributed by atoms with Crippen molar-refractivity contribution in [2.75, 3.05) is 32.1 Å². The maximum absolute atomic E-state index is 11.5. The van der Waals surface area contributed by atoms with Crippen LogP contribution in [0.1, 0.15) is 24.5 Å². The molecule has 1 unspecified atom stereocenters. The van der Waals surface area contributed by atoms with Crippen LogP contribution in [0.3, 0.4) is 0 Å². The number of benzene rings is 1. The van der Waals surface area contributed by atoms with Crippen LogP contribution in [0.4, 0.5) is 0 Å². The van der Waals surface area contributed by atoms with Gasteiger partial charge in [-0.1, -0.05) is 31.2 Å². The normalized spacial score (nSPS) is 20.5. The van der Waals surface area contributed by atoms with E-state index in [4.69, 9.17) is 0 Å². The lowest BCUT2D eigenvalue weighted by molar-refractivity contribution is 0.463. The van der Waals surface area contributed by atoms with E-state index in [1.165, 1.54) is 11.1 Å². The quantitative estimate of drug-likeness (QED) is 0.656. The van der Waals surface area contributed by atoms with Crippen LogP contribution in [0.15, 0.2) is 29.3 Å². The van der Waals surface area contributed by atoms with Crippen LogP contribution in [-0.2, 0) is 22.8 Å². The summed E-state index contributed by atoms with van der Waals surface area (Å²) in [6, 6.07) is 8.60. The zero-order valence-corrected chi connectivity index (χ0v) is 15.1. The standard InChI is InChI=1S/C17H27N3O2S/c1-4-14-5-7-15(8-6-14)12-20(3)17(18-2)19-11-16-9-10-23(21,22)13-16/h5-8,16H,4,9-13H2,1-3H3,(H,18,19). The van der Waals surface area contributed by atoms with Gasteiger partial charge in [0.1, 0.15) is 0 Å². The lowest BCUT2D eigenvalue weighted by Crippen LogP contribution is -2.40. The molecule has 0 aliphatic carbocycles. The fraction of sp³-hybridized carbons (Fsp3) is 0.588. The highest BCUT2D eigenvalue weighted by Gasteiger charge is 2.27. The summed E-state index contributed by atoms with van der Waals surface area (Å²) in [4.78, 5) is 6.36. The van der Waals surface area contributed by atoms with Gasteiger partial charge in [0.15, 0.2) is 15.8 Å². The first kappa shape index (κ1) is 17.8. The molecule has 1 aliphatic heterocycles. The Kier molecular flexibility index (Phi) is 6.04. The fourth-order valence-corrected chi connectivity index (χ4v) is 4.74. The number of rotatable bonds is 5. The van der Waals surface area contributed by atoms with Crippen molar-refractivity contribution in [3.8, 4) is 0 Å². The summed E-state index contributed by atoms with van der Waals surface area (Å²) >= 11 is 0. The van der Waals surface area contributed by atoms with E-state index in [1.807, 2.05) is 7.05 Å². The molecule has 1 aromatic rings. The van der Waals surface area contributed by atoms with Gasteiger partial charge in [0, 0.05) is 27.2 Å². The van der Waals surface area contributed by atoms with E-state index in [-0.39, 0.29) is 5.92 Å². The van der Waals surface area contributed by atoms with Crippen molar-refractivity contribution in [2.24, 2.45) is 10.9 Å². The van der Waals surface area contributed by atoms with Gasteiger partial charge < -0.3 is 10.2 Å². The Labute approximate surface area is 139 Å². The Morgan fingerprint density at radius 3 is 2.48 bits per heavy atom. The average Bonchev–Trinajstić information content (AvgIpc) is 2.88. The van der Waals surface area contributed by atoms with E-state index in [9.17, 15) is 8.42 Å². The highest BCUT2D eigenvalue weighted by atomic mass is 32.2. The first-order chi connectivity index (χ1) is 10.9. The number of hydrogen-bond donors (Lipinski definition) is 1. The van der Waals surface area contributed by atoms with Crippen LogP contribution in [-0.4, -0.2) is 51.4 Å². The van der Waals surface area contributed by atoms with Crippen LogP contribution in [0.5, 0.6) is 0 Å². The molecule has 6 heteroatoms. The maximum Gasteiger partial charge on any atom is 0.193 e. The molecule has 0 amide bonds. The molecule has 1 aromatic carbocycles. The molecule has 1 aliphatic rings. The monoisotopic (exact) mass is 337 g/mol. The molecule has 1 fully saturated rings. The van der Waals surface area contributed by atoms with Crippen LogP contribution >= 0.6 is 0 Å². The topological polar surface area (TPSA) is 61.8 Å². The minimum atomic E-state index is -2.82. The molecule has 1 N–H and O–H groups in total. The van der Waals surface area contributed by atoms with Gasteiger partial charge in [-0.25, -0.2) is 8.42 Å². The molecule has 0 aromatic heterocycles. The first-order valence-electron chi connectivity index (χ1n) is 8.13. The SMILES string of the molecule is CCc1ccc(CN(C)C(=NC)NCC2CCS(=O)(=O)C2)cc1. The van der Waals surface area contributed by atoms with E-state index in [0.717, 1.165) is 25.3 Å². The minimum absolute atomic E-state index is 0.189. The number of sulfone groups is 1. The molecule has 1 heterocycles. The zero-order valence-electron chi connectivity index (χ0n) is 14.2. The van der Waals surface area contributed by atoms with Crippen molar-refractivity contribution in [3.05, 3.63) is 35.4 Å². The summed E-state index contributed by atoms with van der Waals surface area (Å²) < 4.78 is 23.0. The van der Waals surface area contributed by atoms with Crippen molar-refractivity contribution >= 4 is 15.8 Å². The van der Waals surface area contributed by atoms with Crippen molar-refractivity contribution in [2.45, 2.75) is 26.3 Å². The number of guanidine groups is 1. The number of nitrogens with zero attached hydrogens (tertiary/aromatic N) is 2. The summed E-state index contributed by atoms with van der Waals surface area (Å²) in [7, 11) is 0.930. The second kappa shape index (κ2) is 7.81. The molecule has 128 valence electrons. The zero-order chi connectivity index (χ0) is 16.9. The fourth-order valence-electron chi connectivity index (χ4n) is 2.88. The summed E-state index contributed by atoms with van der Waals surface area (Å²) in [5, 5.41) is 3.30. The molecule has 1 saturated heterocycles. The number of nitrogens with one attached hydrogen (secondary N) is 1. The van der Waals surface area contributed by atoms with Crippen LogP contribution in [0.2, 0.25) is 0 Å². The predicted molar refractivity (Wildman–Crippen MR) is 95.4 cm³/mol. The van der Waals surface area contributed by atoms with Crippen LogP contribution < -0.4 is 5.32 Å². The van der Waals surface area contributed by atoms with Gasteiger partial charge in [-0.05, 0) is 29.9 Å². The van der Waals surface area contributed by atoms with Crippen molar-refractivity contribution in [3.63, 3.8) is 0 Å². The largest absolute Gasteiger partial charge is 0.356 e. The molecule has 0 spiro atoms.